The third kappa shape index (κ3) is 3.56. The van der Waals surface area contributed by atoms with Crippen LogP contribution in [0.1, 0.15) is 43.7 Å². The molecule has 1 aromatic rings. The van der Waals surface area contributed by atoms with Crippen LogP contribution < -0.4 is 0 Å². The van der Waals surface area contributed by atoms with Gasteiger partial charge in [-0.3, -0.25) is 9.48 Å². The highest BCUT2D eigenvalue weighted by molar-refractivity contribution is 5.92. The highest BCUT2D eigenvalue weighted by atomic mass is 16.3. The van der Waals surface area contributed by atoms with Crippen molar-refractivity contribution in [1.82, 2.24) is 14.7 Å². The van der Waals surface area contributed by atoms with Gasteiger partial charge in [0.2, 0.25) is 0 Å². The van der Waals surface area contributed by atoms with Crippen LogP contribution in [0, 0.1) is 0 Å². The summed E-state index contributed by atoms with van der Waals surface area (Å²) in [7, 11) is 1.74. The highest BCUT2D eigenvalue weighted by Gasteiger charge is 2.17. The van der Waals surface area contributed by atoms with Crippen LogP contribution in [0.25, 0.3) is 0 Å². The van der Waals surface area contributed by atoms with E-state index in [1.807, 2.05) is 13.8 Å². The van der Waals surface area contributed by atoms with Crippen molar-refractivity contribution >= 4 is 5.91 Å². The summed E-state index contributed by atoms with van der Waals surface area (Å²) in [5.41, 5.74) is 0.591. The van der Waals surface area contributed by atoms with Crippen molar-refractivity contribution in [2.45, 2.75) is 39.3 Å². The topological polar surface area (TPSA) is 58.4 Å². The number of rotatable bonds is 5. The van der Waals surface area contributed by atoms with Crippen molar-refractivity contribution in [3.8, 4) is 0 Å². The molecular weight excluding hydrogens is 218 g/mol. The molecule has 0 aliphatic rings. The minimum Gasteiger partial charge on any atom is -0.393 e. The van der Waals surface area contributed by atoms with Gasteiger partial charge in [0.05, 0.1) is 6.10 Å². The fourth-order valence-electron chi connectivity index (χ4n) is 1.57. The fraction of sp³-hybridized carbons (Fsp3) is 0.667. The Morgan fingerprint density at radius 3 is 2.71 bits per heavy atom. The number of hydrogen-bond donors (Lipinski definition) is 1. The van der Waals surface area contributed by atoms with E-state index in [-0.39, 0.29) is 18.1 Å². The molecule has 0 saturated carbocycles. The SMILES string of the molecule is CC(O)CCN(C)C(=O)c1ccnn1C(C)C. The summed E-state index contributed by atoms with van der Waals surface area (Å²) in [5, 5.41) is 13.3. The summed E-state index contributed by atoms with van der Waals surface area (Å²) in [6.45, 7) is 6.23. The predicted molar refractivity (Wildman–Crippen MR) is 65.9 cm³/mol. The molecule has 17 heavy (non-hydrogen) atoms. The summed E-state index contributed by atoms with van der Waals surface area (Å²) in [4.78, 5) is 13.7. The third-order valence-electron chi connectivity index (χ3n) is 2.61. The van der Waals surface area contributed by atoms with Gasteiger partial charge in [-0.2, -0.15) is 5.10 Å². The maximum Gasteiger partial charge on any atom is 0.271 e. The van der Waals surface area contributed by atoms with Crippen LogP contribution in [0.3, 0.4) is 0 Å². The maximum atomic E-state index is 12.1. The molecule has 1 atom stereocenters. The van der Waals surface area contributed by atoms with E-state index in [1.165, 1.54) is 0 Å². The fourth-order valence-corrected chi connectivity index (χ4v) is 1.57. The van der Waals surface area contributed by atoms with E-state index in [4.69, 9.17) is 0 Å². The lowest BCUT2D eigenvalue weighted by molar-refractivity contribution is 0.0755. The minimum atomic E-state index is -0.389. The summed E-state index contributed by atoms with van der Waals surface area (Å²) < 4.78 is 1.71. The summed E-state index contributed by atoms with van der Waals surface area (Å²) in [5.74, 6) is -0.0585. The van der Waals surface area contributed by atoms with Crippen molar-refractivity contribution in [3.63, 3.8) is 0 Å². The Morgan fingerprint density at radius 1 is 1.53 bits per heavy atom. The quantitative estimate of drug-likeness (QED) is 0.842. The molecule has 0 fully saturated rings. The minimum absolute atomic E-state index is 0.0585. The summed E-state index contributed by atoms with van der Waals surface area (Å²) in [6, 6.07) is 1.88. The molecule has 1 unspecified atom stereocenters. The second-order valence-corrected chi connectivity index (χ2v) is 4.62. The molecule has 0 radical (unpaired) electrons. The first-order chi connectivity index (χ1) is 7.93. The lowest BCUT2D eigenvalue weighted by Gasteiger charge is -2.19. The molecule has 5 heteroatoms. The Hall–Kier alpha value is -1.36. The Balaban J connectivity index is 2.71. The van der Waals surface area contributed by atoms with Crippen molar-refractivity contribution in [2.24, 2.45) is 0 Å². The van der Waals surface area contributed by atoms with Crippen LogP contribution in [0.5, 0.6) is 0 Å². The van der Waals surface area contributed by atoms with Crippen LogP contribution in [0.4, 0.5) is 0 Å². The van der Waals surface area contributed by atoms with Crippen molar-refractivity contribution in [2.75, 3.05) is 13.6 Å². The average Bonchev–Trinajstić information content (AvgIpc) is 2.73. The van der Waals surface area contributed by atoms with E-state index in [1.54, 1.807) is 35.8 Å². The number of amides is 1. The van der Waals surface area contributed by atoms with Crippen LogP contribution in [0.15, 0.2) is 12.3 Å². The molecule has 0 aromatic carbocycles. The first-order valence-electron chi connectivity index (χ1n) is 5.90. The van der Waals surface area contributed by atoms with E-state index in [0.717, 1.165) is 0 Å². The largest absolute Gasteiger partial charge is 0.393 e. The van der Waals surface area contributed by atoms with Gasteiger partial charge in [-0.25, -0.2) is 0 Å². The Labute approximate surface area is 102 Å². The van der Waals surface area contributed by atoms with Crippen LogP contribution >= 0.6 is 0 Å². The summed E-state index contributed by atoms with van der Waals surface area (Å²) >= 11 is 0. The van der Waals surface area contributed by atoms with Gasteiger partial charge in [-0.15, -0.1) is 0 Å². The number of nitrogens with zero attached hydrogens (tertiary/aromatic N) is 3. The number of carbonyl (C=O) groups is 1. The van der Waals surface area contributed by atoms with Gasteiger partial charge in [0, 0.05) is 25.8 Å². The normalized spacial score (nSPS) is 12.8. The molecule has 1 aromatic heterocycles. The zero-order valence-electron chi connectivity index (χ0n) is 10.9. The molecule has 0 spiro atoms. The molecule has 0 saturated heterocycles. The molecule has 96 valence electrons. The summed E-state index contributed by atoms with van der Waals surface area (Å²) in [6.07, 6.45) is 1.83. The molecule has 1 N–H and O–H groups in total. The van der Waals surface area contributed by atoms with E-state index in [2.05, 4.69) is 5.10 Å². The second kappa shape index (κ2) is 5.82. The number of aliphatic hydroxyl groups is 1. The Kier molecular flexibility index (Phi) is 4.69. The first-order valence-corrected chi connectivity index (χ1v) is 5.90. The Morgan fingerprint density at radius 2 is 2.18 bits per heavy atom. The Bertz CT molecular complexity index is 372. The van der Waals surface area contributed by atoms with Crippen LogP contribution in [0.2, 0.25) is 0 Å². The zero-order chi connectivity index (χ0) is 13.0. The number of aliphatic hydroxyl groups excluding tert-OH is 1. The van der Waals surface area contributed by atoms with Crippen molar-refractivity contribution in [1.29, 1.82) is 0 Å². The van der Waals surface area contributed by atoms with E-state index in [0.29, 0.717) is 18.7 Å². The lowest BCUT2D eigenvalue weighted by Crippen LogP contribution is -2.31. The molecule has 1 amide bonds. The monoisotopic (exact) mass is 239 g/mol. The first kappa shape index (κ1) is 13.7. The molecule has 1 rings (SSSR count). The molecule has 1 heterocycles. The third-order valence-corrected chi connectivity index (χ3v) is 2.61. The van der Waals surface area contributed by atoms with E-state index in [9.17, 15) is 9.90 Å². The smallest absolute Gasteiger partial charge is 0.271 e. The van der Waals surface area contributed by atoms with E-state index < -0.39 is 0 Å². The highest BCUT2D eigenvalue weighted by Crippen LogP contribution is 2.10. The van der Waals surface area contributed by atoms with Gasteiger partial charge < -0.3 is 10.0 Å². The number of carbonyl (C=O) groups excluding carboxylic acids is 1. The van der Waals surface area contributed by atoms with Gasteiger partial charge in [0.1, 0.15) is 5.69 Å². The van der Waals surface area contributed by atoms with Gasteiger partial charge in [-0.05, 0) is 33.3 Å². The standard InChI is InChI=1S/C12H21N3O2/c1-9(2)15-11(5-7-13-15)12(17)14(4)8-6-10(3)16/h5,7,9-10,16H,6,8H2,1-4H3. The maximum absolute atomic E-state index is 12.1. The van der Waals surface area contributed by atoms with Crippen LogP contribution in [-0.4, -0.2) is 45.4 Å². The molecule has 0 bridgehead atoms. The van der Waals surface area contributed by atoms with Gasteiger partial charge >= 0.3 is 0 Å². The van der Waals surface area contributed by atoms with Gasteiger partial charge in [0.15, 0.2) is 0 Å². The number of aromatic nitrogens is 2. The zero-order valence-corrected chi connectivity index (χ0v) is 10.9. The predicted octanol–water partition coefficient (Wildman–Crippen LogP) is 1.31. The van der Waals surface area contributed by atoms with E-state index >= 15 is 0 Å². The molecule has 0 aliphatic heterocycles. The number of hydrogen-bond acceptors (Lipinski definition) is 3. The van der Waals surface area contributed by atoms with Crippen LogP contribution in [-0.2, 0) is 0 Å². The average molecular weight is 239 g/mol. The molecule has 5 nitrogen and oxygen atoms in total. The molecule has 0 aliphatic carbocycles. The second-order valence-electron chi connectivity index (χ2n) is 4.62. The van der Waals surface area contributed by atoms with Gasteiger partial charge in [0.25, 0.3) is 5.91 Å². The van der Waals surface area contributed by atoms with Crippen molar-refractivity contribution in [3.05, 3.63) is 18.0 Å². The van der Waals surface area contributed by atoms with Gasteiger partial charge in [-0.1, -0.05) is 0 Å². The van der Waals surface area contributed by atoms with Crippen molar-refractivity contribution < 1.29 is 9.90 Å². The molecular formula is C12H21N3O2. The lowest BCUT2D eigenvalue weighted by atomic mass is 10.2.